The van der Waals surface area contributed by atoms with Gasteiger partial charge in [0.1, 0.15) is 0 Å². The van der Waals surface area contributed by atoms with E-state index in [9.17, 15) is 9.90 Å². The first-order valence-electron chi connectivity index (χ1n) is 5.31. The lowest BCUT2D eigenvalue weighted by molar-refractivity contribution is 0.199. The second-order valence-corrected chi connectivity index (χ2v) is 3.85. The smallest absolute Gasteiger partial charge is 0.251 e. The summed E-state index contributed by atoms with van der Waals surface area (Å²) in [5, 5.41) is 9.42. The summed E-state index contributed by atoms with van der Waals surface area (Å²) < 4.78 is 0. The third-order valence-corrected chi connectivity index (χ3v) is 2.65. The van der Waals surface area contributed by atoms with Gasteiger partial charge in [-0.05, 0) is 25.5 Å². The number of pyridine rings is 2. The molecule has 0 aliphatic carbocycles. The summed E-state index contributed by atoms with van der Waals surface area (Å²) in [6, 6.07) is 3.55. The number of hydrogen-bond donors (Lipinski definition) is 2. The van der Waals surface area contributed by atoms with Crippen LogP contribution < -0.4 is 5.56 Å². The summed E-state index contributed by atoms with van der Waals surface area (Å²) in [5.41, 5.74) is 2.76. The highest BCUT2D eigenvalue weighted by atomic mass is 16.3. The Labute approximate surface area is 93.0 Å². The van der Waals surface area contributed by atoms with Gasteiger partial charge in [-0.15, -0.1) is 0 Å². The molecule has 0 saturated heterocycles. The fraction of sp³-hybridized carbons (Fsp3) is 0.333. The summed E-state index contributed by atoms with van der Waals surface area (Å²) in [6.45, 7) is 3.60. The van der Waals surface area contributed by atoms with E-state index >= 15 is 0 Å². The third-order valence-electron chi connectivity index (χ3n) is 2.65. The first-order chi connectivity index (χ1) is 7.61. The highest BCUT2D eigenvalue weighted by Gasteiger charge is 2.05. The number of aromatic amines is 1. The highest BCUT2D eigenvalue weighted by molar-refractivity contribution is 5.74. The number of hydrogen-bond acceptors (Lipinski definition) is 3. The second-order valence-electron chi connectivity index (χ2n) is 3.85. The Morgan fingerprint density at radius 1 is 1.50 bits per heavy atom. The predicted molar refractivity (Wildman–Crippen MR) is 62.4 cm³/mol. The van der Waals surface area contributed by atoms with E-state index in [2.05, 4.69) is 9.97 Å². The van der Waals surface area contributed by atoms with Gasteiger partial charge in [-0.3, -0.25) is 9.78 Å². The monoisotopic (exact) mass is 218 g/mol. The molecule has 0 fully saturated rings. The molecule has 1 atom stereocenters. The summed E-state index contributed by atoms with van der Waals surface area (Å²) in [4.78, 5) is 18.6. The zero-order valence-corrected chi connectivity index (χ0v) is 9.32. The van der Waals surface area contributed by atoms with Crippen LogP contribution in [-0.4, -0.2) is 15.1 Å². The van der Waals surface area contributed by atoms with E-state index in [4.69, 9.17) is 0 Å². The van der Waals surface area contributed by atoms with Crippen molar-refractivity contribution in [2.75, 3.05) is 0 Å². The Balaban J connectivity index is 2.67. The normalized spacial score (nSPS) is 12.9. The minimum atomic E-state index is -0.578. The largest absolute Gasteiger partial charge is 0.389 e. The summed E-state index contributed by atoms with van der Waals surface area (Å²) in [7, 11) is 0. The lowest BCUT2D eigenvalue weighted by Crippen LogP contribution is -2.12. The lowest BCUT2D eigenvalue weighted by Gasteiger charge is -2.06. The Morgan fingerprint density at radius 2 is 2.25 bits per heavy atom. The van der Waals surface area contributed by atoms with Crippen molar-refractivity contribution in [2.24, 2.45) is 0 Å². The summed E-state index contributed by atoms with van der Waals surface area (Å²) in [5.74, 6) is 0. The Hall–Kier alpha value is -1.68. The molecule has 0 spiro atoms. The van der Waals surface area contributed by atoms with Gasteiger partial charge in [0.2, 0.25) is 0 Å². The SMILES string of the molecule is CCc1cc2ncc(C(C)O)cc2[nH]c1=O. The lowest BCUT2D eigenvalue weighted by atomic mass is 10.1. The maximum absolute atomic E-state index is 11.6. The second kappa shape index (κ2) is 4.06. The zero-order chi connectivity index (χ0) is 11.7. The highest BCUT2D eigenvalue weighted by Crippen LogP contribution is 2.15. The number of aromatic nitrogens is 2. The number of aliphatic hydroxyl groups excluding tert-OH is 1. The van der Waals surface area contributed by atoms with Gasteiger partial charge in [0.05, 0.1) is 17.1 Å². The van der Waals surface area contributed by atoms with Crippen molar-refractivity contribution in [3.05, 3.63) is 39.8 Å². The molecule has 0 aliphatic rings. The van der Waals surface area contributed by atoms with E-state index in [1.807, 2.05) is 6.92 Å². The minimum Gasteiger partial charge on any atom is -0.389 e. The van der Waals surface area contributed by atoms with E-state index in [0.717, 1.165) is 11.1 Å². The minimum absolute atomic E-state index is 0.0838. The number of fused-ring (bicyclic) bond motifs is 1. The van der Waals surface area contributed by atoms with Crippen LogP contribution in [0.3, 0.4) is 0 Å². The molecule has 2 heterocycles. The number of H-pyrrole nitrogens is 1. The van der Waals surface area contributed by atoms with Crippen LogP contribution in [0.1, 0.15) is 31.1 Å². The summed E-state index contributed by atoms with van der Waals surface area (Å²) >= 11 is 0. The Kier molecular flexibility index (Phi) is 2.75. The van der Waals surface area contributed by atoms with Crippen LogP contribution >= 0.6 is 0 Å². The molecular weight excluding hydrogens is 204 g/mol. The molecule has 84 valence electrons. The van der Waals surface area contributed by atoms with Gasteiger partial charge in [0, 0.05) is 17.3 Å². The van der Waals surface area contributed by atoms with Gasteiger partial charge in [-0.2, -0.15) is 0 Å². The Bertz CT molecular complexity index is 573. The number of rotatable bonds is 2. The Morgan fingerprint density at radius 3 is 2.88 bits per heavy atom. The van der Waals surface area contributed by atoms with Crippen LogP contribution in [0.5, 0.6) is 0 Å². The van der Waals surface area contributed by atoms with Gasteiger partial charge >= 0.3 is 0 Å². The van der Waals surface area contributed by atoms with Crippen LogP contribution in [0, 0.1) is 0 Å². The van der Waals surface area contributed by atoms with Crippen LogP contribution in [0.2, 0.25) is 0 Å². The van der Waals surface area contributed by atoms with Gasteiger partial charge < -0.3 is 10.1 Å². The molecule has 0 radical (unpaired) electrons. The van der Waals surface area contributed by atoms with Crippen molar-refractivity contribution in [1.82, 2.24) is 9.97 Å². The zero-order valence-electron chi connectivity index (χ0n) is 9.32. The molecule has 0 amide bonds. The first kappa shape index (κ1) is 10.8. The van der Waals surface area contributed by atoms with E-state index < -0.39 is 6.10 Å². The molecule has 0 aliphatic heterocycles. The third kappa shape index (κ3) is 1.84. The van der Waals surface area contributed by atoms with E-state index in [1.54, 1.807) is 25.3 Å². The van der Waals surface area contributed by atoms with Gasteiger partial charge in [-0.25, -0.2) is 0 Å². The van der Waals surface area contributed by atoms with E-state index in [-0.39, 0.29) is 5.56 Å². The molecule has 4 heteroatoms. The number of nitrogens with one attached hydrogen (secondary N) is 1. The van der Waals surface area contributed by atoms with Gasteiger partial charge in [-0.1, -0.05) is 6.92 Å². The van der Waals surface area contributed by atoms with Crippen LogP contribution in [0.15, 0.2) is 23.1 Å². The van der Waals surface area contributed by atoms with Crippen molar-refractivity contribution in [1.29, 1.82) is 0 Å². The quantitative estimate of drug-likeness (QED) is 0.803. The van der Waals surface area contributed by atoms with Gasteiger partial charge in [0.15, 0.2) is 0 Å². The molecule has 2 aromatic heterocycles. The molecule has 2 aromatic rings. The van der Waals surface area contributed by atoms with Crippen molar-refractivity contribution in [2.45, 2.75) is 26.4 Å². The van der Waals surface area contributed by atoms with Crippen LogP contribution in [0.4, 0.5) is 0 Å². The standard InChI is InChI=1S/C12H14N2O2/c1-3-8-4-10-11(14-12(8)16)5-9(6-13-10)7(2)15/h4-7,15H,3H2,1-2H3,(H,14,16). The van der Waals surface area contributed by atoms with Crippen molar-refractivity contribution < 1.29 is 5.11 Å². The molecule has 1 unspecified atom stereocenters. The number of aliphatic hydroxyl groups is 1. The van der Waals surface area contributed by atoms with Gasteiger partial charge in [0.25, 0.3) is 5.56 Å². The average Bonchev–Trinajstić information content (AvgIpc) is 2.27. The number of nitrogens with zero attached hydrogens (tertiary/aromatic N) is 1. The molecule has 0 saturated carbocycles. The predicted octanol–water partition coefficient (Wildman–Crippen LogP) is 1.54. The summed E-state index contributed by atoms with van der Waals surface area (Å²) in [6.07, 6.45) is 1.74. The first-order valence-corrected chi connectivity index (χ1v) is 5.31. The molecule has 2 N–H and O–H groups in total. The molecule has 0 aromatic carbocycles. The van der Waals surface area contributed by atoms with Crippen molar-refractivity contribution in [3.63, 3.8) is 0 Å². The molecular formula is C12H14N2O2. The van der Waals surface area contributed by atoms with Crippen molar-refractivity contribution in [3.8, 4) is 0 Å². The molecule has 4 nitrogen and oxygen atoms in total. The van der Waals surface area contributed by atoms with E-state index in [1.165, 1.54) is 0 Å². The average molecular weight is 218 g/mol. The maximum Gasteiger partial charge on any atom is 0.251 e. The van der Waals surface area contributed by atoms with E-state index in [0.29, 0.717) is 17.5 Å². The number of aryl methyl sites for hydroxylation is 1. The fourth-order valence-electron chi connectivity index (χ4n) is 1.63. The van der Waals surface area contributed by atoms with Crippen LogP contribution in [-0.2, 0) is 6.42 Å². The van der Waals surface area contributed by atoms with Crippen molar-refractivity contribution >= 4 is 11.0 Å². The molecule has 0 bridgehead atoms. The maximum atomic E-state index is 11.6. The van der Waals surface area contributed by atoms with Crippen LogP contribution in [0.25, 0.3) is 11.0 Å². The molecule has 16 heavy (non-hydrogen) atoms. The fourth-order valence-corrected chi connectivity index (χ4v) is 1.63. The molecule has 2 rings (SSSR count). The topological polar surface area (TPSA) is 66.0 Å².